The van der Waals surface area contributed by atoms with Crippen molar-refractivity contribution in [3.63, 3.8) is 0 Å². The van der Waals surface area contributed by atoms with Gasteiger partial charge in [-0.05, 0) is 48.5 Å². The van der Waals surface area contributed by atoms with Gasteiger partial charge in [0, 0.05) is 24.3 Å². The smallest absolute Gasteiger partial charge is 0.420 e. The average Bonchev–Trinajstić information content (AvgIpc) is 0.798. The van der Waals surface area contributed by atoms with E-state index in [4.69, 9.17) is 18.3 Å². The summed E-state index contributed by atoms with van der Waals surface area (Å²) in [7, 11) is 0. The maximum Gasteiger partial charge on any atom is 0.443 e. The van der Waals surface area contributed by atoms with Crippen LogP contribution in [0.15, 0.2) is 154 Å². The molecular weight excluding hydrogens is 1430 g/mol. The van der Waals surface area contributed by atoms with Crippen LogP contribution in [0.5, 0.6) is 11.5 Å². The van der Waals surface area contributed by atoms with Crippen molar-refractivity contribution in [3.8, 4) is 11.5 Å². The predicted octanol–water partition coefficient (Wildman–Crippen LogP) is 12.5. The van der Waals surface area contributed by atoms with Crippen LogP contribution in [0.4, 0.5) is 117 Å². The van der Waals surface area contributed by atoms with Gasteiger partial charge in [-0.25, -0.2) is 9.59 Å². The van der Waals surface area contributed by atoms with E-state index in [0.29, 0.717) is 7.53 Å². The van der Waals surface area contributed by atoms with Gasteiger partial charge in [0.2, 0.25) is 11.5 Å². The average molecular weight is 1450 g/mol. The maximum absolute atomic E-state index is 14.2. The number of nitro groups is 2. The number of hydrogen-bond donors (Lipinski definition) is 0. The van der Waals surface area contributed by atoms with E-state index in [2.05, 4.69) is 0 Å². The Bertz CT molecular complexity index is 3580. The molecule has 0 amide bonds. The van der Waals surface area contributed by atoms with Gasteiger partial charge >= 0.3 is 90.1 Å². The number of non-ortho nitro benzene ring substituents is 2. The first-order valence-corrected chi connectivity index (χ1v) is 26.3. The third kappa shape index (κ3) is 16.4. The Morgan fingerprint density at radius 1 is 0.348 bits per heavy atom. The van der Waals surface area contributed by atoms with Gasteiger partial charge in [-0.1, -0.05) is 60.7 Å². The summed E-state index contributed by atoms with van der Waals surface area (Å²) < 4.78 is 363. The summed E-state index contributed by atoms with van der Waals surface area (Å²) in [6.07, 6.45) is -54.8. The van der Waals surface area contributed by atoms with Gasteiger partial charge in [-0.2, -0.15) is 127 Å². The highest BCUT2D eigenvalue weighted by atomic mass is 127. The molecule has 0 N–H and O–H groups in total. The molecule has 488 valence electrons. The highest BCUT2D eigenvalue weighted by molar-refractivity contribution is 7.20. The van der Waals surface area contributed by atoms with E-state index in [0.717, 1.165) is 12.1 Å². The van der Waals surface area contributed by atoms with Crippen molar-refractivity contribution in [2.45, 2.75) is 49.4 Å². The second kappa shape index (κ2) is 25.1. The molecule has 0 spiro atoms. The fourth-order valence-electron chi connectivity index (χ4n) is 8.75. The molecule has 2 aromatic heterocycles. The van der Waals surface area contributed by atoms with Crippen molar-refractivity contribution in [1.29, 1.82) is 0 Å². The molecule has 0 unspecified atom stereocenters. The number of nitrogens with zero attached hydrogens (tertiary/aromatic N) is 2. The number of ether oxygens (including phenoxy) is 2. The van der Waals surface area contributed by atoms with E-state index >= 15 is 0 Å². The second-order valence-electron chi connectivity index (χ2n) is 18.8. The summed E-state index contributed by atoms with van der Waals surface area (Å²) in [6.45, 7) is 0. The Labute approximate surface area is 504 Å². The largest absolute Gasteiger partial charge is 0.443 e. The number of esters is 2. The Hall–Kier alpha value is -9.27. The van der Waals surface area contributed by atoms with Gasteiger partial charge in [0.15, 0.2) is 0 Å². The number of hydrogen-bond acceptors (Lipinski definition) is 10. The Morgan fingerprint density at radius 2 is 0.576 bits per heavy atom. The lowest BCUT2D eigenvalue weighted by molar-refractivity contribution is -0.636. The lowest BCUT2D eigenvalue weighted by Crippen LogP contribution is -3.61. The number of carbonyl (C=O) groups excluding carboxylic acids is 2. The molecule has 0 aliphatic heterocycles. The van der Waals surface area contributed by atoms with Crippen LogP contribution in [-0.2, 0) is 49.4 Å². The number of carbonyl (C=O) groups is 2. The molecular formula is C54H24BF24IN2O10. The molecule has 0 saturated heterocycles. The van der Waals surface area contributed by atoms with Crippen LogP contribution in [0.1, 0.15) is 65.6 Å². The number of benzene rings is 6. The van der Waals surface area contributed by atoms with Gasteiger partial charge < -0.3 is 18.3 Å². The first kappa shape index (κ1) is 70.2. The molecule has 92 heavy (non-hydrogen) atoms. The zero-order valence-electron chi connectivity index (χ0n) is 43.9. The minimum Gasteiger partial charge on any atom is -0.420 e. The molecule has 8 rings (SSSR count). The van der Waals surface area contributed by atoms with E-state index in [1.54, 1.807) is 12.1 Å². The second-order valence-corrected chi connectivity index (χ2v) is 21.5. The number of nitro benzene ring substituents is 2. The van der Waals surface area contributed by atoms with Crippen LogP contribution in [0.3, 0.4) is 0 Å². The maximum atomic E-state index is 14.2. The highest BCUT2D eigenvalue weighted by Crippen LogP contribution is 2.42. The first-order chi connectivity index (χ1) is 42.0. The molecule has 0 aliphatic carbocycles. The van der Waals surface area contributed by atoms with Crippen LogP contribution in [0.2, 0.25) is 0 Å². The van der Waals surface area contributed by atoms with Gasteiger partial charge in [0.05, 0.1) is 66.5 Å². The number of halogens is 25. The molecule has 38 heteroatoms. The number of alkyl halides is 24. The third-order valence-corrected chi connectivity index (χ3v) is 14.9. The van der Waals surface area contributed by atoms with E-state index in [-0.39, 0.29) is 34.4 Å². The Kier molecular flexibility index (Phi) is 19.1. The predicted molar refractivity (Wildman–Crippen MR) is 261 cm³/mol. The molecule has 12 nitrogen and oxygen atoms in total. The van der Waals surface area contributed by atoms with Crippen LogP contribution >= 0.6 is 0 Å². The summed E-state index contributed by atoms with van der Waals surface area (Å²) in [5.41, 5.74) is -30.7. The van der Waals surface area contributed by atoms with Crippen LogP contribution in [0, 0.1) is 27.8 Å². The van der Waals surface area contributed by atoms with Gasteiger partial charge in [0.25, 0.3) is 11.4 Å². The lowest BCUT2D eigenvalue weighted by atomic mass is 9.12. The van der Waals surface area contributed by atoms with E-state index < -0.39 is 238 Å². The van der Waals surface area contributed by atoms with Crippen molar-refractivity contribution >= 4 is 51.3 Å². The Balaban J connectivity index is 0.000000292. The highest BCUT2D eigenvalue weighted by Gasteiger charge is 2.47. The summed E-state index contributed by atoms with van der Waals surface area (Å²) in [5, 5.41) is 21.7. The van der Waals surface area contributed by atoms with Crippen molar-refractivity contribution in [2.24, 2.45) is 0 Å². The molecule has 0 bridgehead atoms. The minimum atomic E-state index is -6.13. The lowest BCUT2D eigenvalue weighted by Gasteiger charge is -2.46. The van der Waals surface area contributed by atoms with Gasteiger partial charge in [-0.15, -0.1) is 0 Å². The number of rotatable bonds is 12. The molecule has 8 aromatic rings. The fraction of sp³-hybridized carbons (Fsp3) is 0.148. The molecule has 0 fully saturated rings. The quantitative estimate of drug-likeness (QED) is 0.0219. The van der Waals surface area contributed by atoms with Crippen molar-refractivity contribution in [3.05, 3.63) is 229 Å². The number of furan rings is 2. The summed E-state index contributed by atoms with van der Waals surface area (Å²) >= 11 is -1.06. The summed E-state index contributed by atoms with van der Waals surface area (Å²) in [4.78, 5) is 45.1. The fourth-order valence-corrected chi connectivity index (χ4v) is 10.7. The summed E-state index contributed by atoms with van der Waals surface area (Å²) in [6, 6.07) is 7.45. The van der Waals surface area contributed by atoms with E-state index in [1.807, 2.05) is 0 Å². The van der Waals surface area contributed by atoms with Gasteiger partial charge in [-0.3, -0.25) is 20.2 Å². The van der Waals surface area contributed by atoms with Crippen LogP contribution in [-0.4, -0.2) is 27.9 Å². The topological polar surface area (TPSA) is 165 Å². The molecule has 0 saturated carbocycles. The van der Waals surface area contributed by atoms with Gasteiger partial charge in [0.1, 0.15) is 17.6 Å². The van der Waals surface area contributed by atoms with Crippen LogP contribution in [0.25, 0.3) is 0 Å². The van der Waals surface area contributed by atoms with Crippen LogP contribution < -0.4 is 52.5 Å². The normalized spacial score (nSPS) is 12.9. The minimum absolute atomic E-state index is 0.00483. The summed E-state index contributed by atoms with van der Waals surface area (Å²) in [5.74, 6) is -1.89. The standard InChI is InChI=1S/C32H12BF24.C22H12IN2O10/c34-25(35,36)13-1-14(26(37,38)39)6-21(5-13)33(22-7-15(27(40,41)42)2-16(8-22)28(43,44)45,23-9-17(29(46,47)48)3-18(10-23)30(49,50)51)24-11-19(31(52,53)54)4-20(12-24)32(55,56)57;26-21(32-15-5-1-3-13(11-15)24(28)29)17-7-9-19(34-17)23-20-10-8-18(35-20)22(27)33-16-6-2-4-14(12-16)25(30)31/h1-12H;1-12H/q-1;+1. The molecule has 2 heterocycles. The van der Waals surface area contributed by atoms with Crippen molar-refractivity contribution in [2.75, 3.05) is 0 Å². The molecule has 0 atom stereocenters. The SMILES string of the molecule is FC(F)(F)c1cc([B-](c2cc(C(F)(F)F)cc(C(F)(F)F)c2)(c2cc(C(F)(F)F)cc(C(F)(F)F)c2)c2cc(C(F)(F)F)cc(C(F)(F)F)c2)cc(C(F)(F)F)c1.O=C(Oc1cccc([N+](=O)[O-])c1)c1ccc([I+]c2ccc(C(=O)Oc3cccc([N+](=O)[O-])c3)o2)o1. The Morgan fingerprint density at radius 3 is 0.783 bits per heavy atom. The molecule has 0 radical (unpaired) electrons. The zero-order valence-corrected chi connectivity index (χ0v) is 46.0. The zero-order chi connectivity index (χ0) is 68.9. The molecule has 6 aromatic carbocycles. The monoisotopic (exact) mass is 1450 g/mol. The first-order valence-electron chi connectivity index (χ1n) is 24.2. The van der Waals surface area contributed by atoms with Crippen molar-refractivity contribution in [1.82, 2.24) is 0 Å². The molecule has 0 aliphatic rings. The third-order valence-electron chi connectivity index (χ3n) is 12.7. The van der Waals surface area contributed by atoms with Crippen molar-refractivity contribution < 1.29 is 164 Å². The van der Waals surface area contributed by atoms with E-state index in [1.165, 1.54) is 48.5 Å². The van der Waals surface area contributed by atoms with E-state index in [9.17, 15) is 135 Å².